The van der Waals surface area contributed by atoms with Crippen molar-refractivity contribution in [2.45, 2.75) is 70.3 Å². The predicted molar refractivity (Wildman–Crippen MR) is 161 cm³/mol. The van der Waals surface area contributed by atoms with Crippen molar-refractivity contribution in [2.75, 3.05) is 46.4 Å². The molecule has 2 aliphatic heterocycles. The van der Waals surface area contributed by atoms with Crippen LogP contribution in [0.3, 0.4) is 0 Å². The molecule has 0 aliphatic carbocycles. The Morgan fingerprint density at radius 3 is 2.68 bits per heavy atom. The molecule has 1 fully saturated rings. The van der Waals surface area contributed by atoms with Gasteiger partial charge in [0.25, 0.3) is 0 Å². The van der Waals surface area contributed by atoms with Crippen molar-refractivity contribution in [1.29, 1.82) is 0 Å². The number of aliphatic carboxylic acids is 1. The first-order valence-electron chi connectivity index (χ1n) is 15.3. The molecule has 0 radical (unpaired) electrons. The summed E-state index contributed by atoms with van der Waals surface area (Å²) in [5.41, 5.74) is 8.99. The molecule has 3 unspecified atom stereocenters. The van der Waals surface area contributed by atoms with Crippen molar-refractivity contribution in [3.63, 3.8) is 0 Å². The summed E-state index contributed by atoms with van der Waals surface area (Å²) >= 11 is 0. The number of carboxylic acids is 1. The zero-order chi connectivity index (χ0) is 29.2. The molecule has 0 saturated carbocycles. The topological polar surface area (TPSA) is 105 Å². The minimum Gasteiger partial charge on any atom is -0.496 e. The fourth-order valence-corrected chi connectivity index (χ4v) is 6.47. The summed E-state index contributed by atoms with van der Waals surface area (Å²) in [5.74, 6) is 0.240. The van der Waals surface area contributed by atoms with Gasteiger partial charge in [-0.25, -0.2) is 0 Å². The molecule has 2 aromatic rings. The molecule has 2 aliphatic rings. The van der Waals surface area contributed by atoms with Crippen LogP contribution in [0.15, 0.2) is 42.5 Å². The zero-order valence-electron chi connectivity index (χ0n) is 24.7. The van der Waals surface area contributed by atoms with Crippen molar-refractivity contribution < 1.29 is 24.2 Å². The highest BCUT2D eigenvalue weighted by atomic mass is 16.5. The van der Waals surface area contributed by atoms with Crippen molar-refractivity contribution in [2.24, 2.45) is 11.7 Å². The number of carbonyl (C=O) groups is 2. The molecule has 1 amide bonds. The Labute approximate surface area is 244 Å². The average Bonchev–Trinajstić information content (AvgIpc) is 3.59. The molecule has 3 atom stereocenters. The van der Waals surface area contributed by atoms with Gasteiger partial charge >= 0.3 is 5.97 Å². The van der Waals surface area contributed by atoms with E-state index >= 15 is 0 Å². The van der Waals surface area contributed by atoms with Crippen LogP contribution in [0.5, 0.6) is 11.5 Å². The number of hydrogen-bond donors (Lipinski definition) is 2. The summed E-state index contributed by atoms with van der Waals surface area (Å²) in [6.07, 6.45) is 6.86. The van der Waals surface area contributed by atoms with Crippen LogP contribution < -0.4 is 15.2 Å². The van der Waals surface area contributed by atoms with E-state index in [-0.39, 0.29) is 24.4 Å². The van der Waals surface area contributed by atoms with Gasteiger partial charge < -0.3 is 25.2 Å². The Hall–Kier alpha value is -3.10. The van der Waals surface area contributed by atoms with Gasteiger partial charge in [-0.15, -0.1) is 0 Å². The number of nitrogens with two attached hydrogens (primary N) is 1. The van der Waals surface area contributed by atoms with E-state index in [9.17, 15) is 14.7 Å². The van der Waals surface area contributed by atoms with E-state index in [1.165, 1.54) is 0 Å². The number of carboxylic acid groups (broad SMARTS) is 1. The van der Waals surface area contributed by atoms with E-state index in [0.717, 1.165) is 79.7 Å². The molecule has 1 saturated heterocycles. The van der Waals surface area contributed by atoms with Gasteiger partial charge in [-0.05, 0) is 73.9 Å². The maximum atomic E-state index is 13.7. The number of likely N-dealkylation sites (tertiary alicyclic amines) is 1. The van der Waals surface area contributed by atoms with Gasteiger partial charge in [-0.2, -0.15) is 0 Å². The van der Waals surface area contributed by atoms with Crippen LogP contribution in [-0.2, 0) is 22.4 Å². The van der Waals surface area contributed by atoms with Crippen LogP contribution in [0.4, 0.5) is 0 Å². The van der Waals surface area contributed by atoms with E-state index in [1.54, 1.807) is 7.11 Å². The summed E-state index contributed by atoms with van der Waals surface area (Å²) in [6, 6.07) is 13.9. The summed E-state index contributed by atoms with van der Waals surface area (Å²) in [4.78, 5) is 30.6. The number of unbranched alkanes of at least 4 members (excludes halogenated alkanes) is 2. The third-order valence-electron chi connectivity index (χ3n) is 8.67. The van der Waals surface area contributed by atoms with Crippen LogP contribution >= 0.6 is 0 Å². The smallest absolute Gasteiger partial charge is 0.308 e. The lowest BCUT2D eigenvalue weighted by Crippen LogP contribution is -2.44. The monoisotopic (exact) mass is 565 g/mol. The average molecular weight is 566 g/mol. The zero-order valence-corrected chi connectivity index (χ0v) is 24.7. The summed E-state index contributed by atoms with van der Waals surface area (Å²) < 4.78 is 11.2. The molecule has 0 bridgehead atoms. The normalized spacial score (nSPS) is 20.0. The van der Waals surface area contributed by atoms with Gasteiger partial charge in [0.05, 0.1) is 26.2 Å². The number of hydrogen-bond acceptors (Lipinski definition) is 6. The number of aryl methyl sites for hydroxylation is 1. The van der Waals surface area contributed by atoms with E-state index in [0.29, 0.717) is 32.7 Å². The number of nitrogens with zero attached hydrogens (tertiary/aromatic N) is 2. The lowest BCUT2D eigenvalue weighted by atomic mass is 9.83. The van der Waals surface area contributed by atoms with Gasteiger partial charge in [0.1, 0.15) is 11.5 Å². The van der Waals surface area contributed by atoms with Crippen molar-refractivity contribution in [3.05, 3.63) is 59.2 Å². The Bertz CT molecular complexity index is 1160. The van der Waals surface area contributed by atoms with Gasteiger partial charge in [0.15, 0.2) is 0 Å². The van der Waals surface area contributed by atoms with E-state index in [4.69, 9.17) is 15.2 Å². The van der Waals surface area contributed by atoms with Gasteiger partial charge in [0, 0.05) is 38.0 Å². The molecule has 0 spiro atoms. The number of carbonyl (C=O) groups excluding carboxylic acids is 1. The SMILES string of the molecule is CCCCN(CCCCN)C(=O)CN1CC(c2ccc3c(c2)CCO3)C(C(=O)O)C1CCCc1ccccc1OC. The second kappa shape index (κ2) is 15.2. The first kappa shape index (κ1) is 30.8. The first-order valence-corrected chi connectivity index (χ1v) is 15.3. The number of para-hydroxylation sites is 1. The van der Waals surface area contributed by atoms with Gasteiger partial charge in [0.2, 0.25) is 5.91 Å². The molecule has 3 N–H and O–H groups in total. The third kappa shape index (κ3) is 7.80. The van der Waals surface area contributed by atoms with Gasteiger partial charge in [-0.3, -0.25) is 14.5 Å². The number of fused-ring (bicyclic) bond motifs is 1. The maximum Gasteiger partial charge on any atom is 0.308 e. The van der Waals surface area contributed by atoms with Crippen molar-refractivity contribution in [3.8, 4) is 11.5 Å². The van der Waals surface area contributed by atoms with E-state index in [1.807, 2.05) is 35.2 Å². The Balaban J connectivity index is 1.56. The van der Waals surface area contributed by atoms with Crippen molar-refractivity contribution in [1.82, 2.24) is 9.80 Å². The lowest BCUT2D eigenvalue weighted by molar-refractivity contribution is -0.143. The van der Waals surface area contributed by atoms with Crippen molar-refractivity contribution >= 4 is 11.9 Å². The first-order chi connectivity index (χ1) is 20.0. The molecule has 8 heteroatoms. The van der Waals surface area contributed by atoms with Crippen LogP contribution in [0.2, 0.25) is 0 Å². The van der Waals surface area contributed by atoms with E-state index < -0.39 is 11.9 Å². The predicted octanol–water partition coefficient (Wildman–Crippen LogP) is 4.49. The molecule has 0 aromatic heterocycles. The number of methoxy groups -OCH3 is 1. The Morgan fingerprint density at radius 1 is 1.12 bits per heavy atom. The fourth-order valence-electron chi connectivity index (χ4n) is 6.47. The molecule has 2 aromatic carbocycles. The molecule has 224 valence electrons. The number of rotatable bonds is 16. The number of benzene rings is 2. The Kier molecular flexibility index (Phi) is 11.5. The molecule has 41 heavy (non-hydrogen) atoms. The highest BCUT2D eigenvalue weighted by Crippen LogP contribution is 2.41. The second-order valence-electron chi connectivity index (χ2n) is 11.4. The molecular formula is C33H47N3O5. The highest BCUT2D eigenvalue weighted by molar-refractivity contribution is 5.79. The standard InChI is InChI=1S/C33H47N3O5/c1-3-4-18-35(19-8-7-17-34)31(37)23-36-22-27(25-14-15-30-26(21-25)16-20-41-30)32(33(38)39)28(36)12-9-11-24-10-5-6-13-29(24)40-2/h5-6,10,13-15,21,27-28,32H,3-4,7-9,11-12,16-20,22-23,34H2,1-2H3,(H,38,39). The largest absolute Gasteiger partial charge is 0.496 e. The highest BCUT2D eigenvalue weighted by Gasteiger charge is 2.47. The Morgan fingerprint density at radius 2 is 1.93 bits per heavy atom. The maximum absolute atomic E-state index is 13.7. The fraction of sp³-hybridized carbons (Fsp3) is 0.576. The van der Waals surface area contributed by atoms with Gasteiger partial charge in [-0.1, -0.05) is 43.7 Å². The summed E-state index contributed by atoms with van der Waals surface area (Å²) in [7, 11) is 1.67. The summed E-state index contributed by atoms with van der Waals surface area (Å²) in [5, 5.41) is 10.5. The third-order valence-corrected chi connectivity index (χ3v) is 8.67. The molecule has 4 rings (SSSR count). The molecule has 2 heterocycles. The quantitative estimate of drug-likeness (QED) is 0.289. The minimum atomic E-state index is -0.797. The molecular weight excluding hydrogens is 518 g/mol. The summed E-state index contributed by atoms with van der Waals surface area (Å²) in [6.45, 7) is 5.61. The van der Waals surface area contributed by atoms with Crippen LogP contribution in [0.1, 0.15) is 68.1 Å². The lowest BCUT2D eigenvalue weighted by Gasteiger charge is -2.30. The number of ether oxygens (including phenoxy) is 2. The van der Waals surface area contributed by atoms with Crippen LogP contribution in [-0.4, -0.2) is 79.3 Å². The second-order valence-corrected chi connectivity index (χ2v) is 11.4. The number of amides is 1. The van der Waals surface area contributed by atoms with E-state index in [2.05, 4.69) is 24.0 Å². The van der Waals surface area contributed by atoms with Crippen LogP contribution in [0, 0.1) is 5.92 Å². The minimum absolute atomic E-state index is 0.0809. The molecule has 8 nitrogen and oxygen atoms in total. The van der Waals surface area contributed by atoms with Crippen LogP contribution in [0.25, 0.3) is 0 Å².